The van der Waals surface area contributed by atoms with Crippen molar-refractivity contribution in [2.45, 2.75) is 31.1 Å². The van der Waals surface area contributed by atoms with Gasteiger partial charge in [0.2, 0.25) is 0 Å². The molecule has 0 spiro atoms. The Kier molecular flexibility index (Phi) is 6.66. The van der Waals surface area contributed by atoms with Gasteiger partial charge in [0.1, 0.15) is 4.90 Å². The summed E-state index contributed by atoms with van der Waals surface area (Å²) < 4.78 is 32.6. The van der Waals surface area contributed by atoms with E-state index in [0.29, 0.717) is 17.4 Å². The summed E-state index contributed by atoms with van der Waals surface area (Å²) in [6, 6.07) is 10.9. The Morgan fingerprint density at radius 1 is 1.11 bits per heavy atom. The van der Waals surface area contributed by atoms with Gasteiger partial charge in [-0.2, -0.15) is 8.42 Å². The van der Waals surface area contributed by atoms with E-state index in [-0.39, 0.29) is 56.3 Å². The number of rotatable bonds is 4. The molecule has 5 heteroatoms. The largest absolute Gasteiger partial charge is 0.295 e. The van der Waals surface area contributed by atoms with Crippen LogP contribution in [-0.2, 0) is 16.5 Å². The molecule has 97 valence electrons. The van der Waals surface area contributed by atoms with E-state index < -0.39 is 10.1 Å². The summed E-state index contributed by atoms with van der Waals surface area (Å²) in [5, 5.41) is 1.42. The molecule has 0 heterocycles. The van der Waals surface area contributed by atoms with Crippen LogP contribution in [0.2, 0.25) is 0 Å². The molecule has 0 bridgehead atoms. The third-order valence-corrected chi connectivity index (χ3v) is 4.02. The van der Waals surface area contributed by atoms with Crippen molar-refractivity contribution in [2.75, 3.05) is 0 Å². The van der Waals surface area contributed by atoms with Crippen LogP contribution in [-0.4, -0.2) is 64.4 Å². The first-order valence-corrected chi connectivity index (χ1v) is 7.46. The number of fused-ring (bicyclic) bond motifs is 1. The van der Waals surface area contributed by atoms with Gasteiger partial charge in [0, 0.05) is 56.8 Å². The van der Waals surface area contributed by atoms with Crippen LogP contribution in [0.25, 0.3) is 10.8 Å². The average Bonchev–Trinajstić information content (AvgIpc) is 2.34. The summed E-state index contributed by atoms with van der Waals surface area (Å²) in [5.41, 5.74) is 0.693. The van der Waals surface area contributed by atoms with E-state index >= 15 is 0 Å². The molecule has 0 amide bonds. The first-order valence-electron chi connectivity index (χ1n) is 6.02. The zero-order valence-electron chi connectivity index (χ0n) is 11.3. The van der Waals surface area contributed by atoms with Crippen molar-refractivity contribution in [3.63, 3.8) is 0 Å². The van der Waals surface area contributed by atoms with E-state index in [2.05, 4.69) is 0 Å². The van der Waals surface area contributed by atoms with E-state index in [4.69, 9.17) is 0 Å². The van der Waals surface area contributed by atoms with Crippen molar-refractivity contribution in [3.05, 3.63) is 42.0 Å². The van der Waals surface area contributed by atoms with E-state index in [1.807, 2.05) is 25.1 Å². The van der Waals surface area contributed by atoms with Gasteiger partial charge >= 0.3 is 0 Å². The normalized spacial score (nSPS) is 11.3. The van der Waals surface area contributed by atoms with Gasteiger partial charge in [-0.25, -0.2) is 0 Å². The molecule has 0 saturated heterocycles. The van der Waals surface area contributed by atoms with Crippen molar-refractivity contribution in [1.29, 1.82) is 0 Å². The molecule has 0 fully saturated rings. The summed E-state index contributed by atoms with van der Waals surface area (Å²) >= 11 is 0. The summed E-state index contributed by atoms with van der Waals surface area (Å²) in [7, 11) is -4.19. The first kappa shape index (κ1) is 17.3. The Morgan fingerprint density at radius 2 is 1.79 bits per heavy atom. The molecule has 3 nitrogen and oxygen atoms in total. The molecule has 0 aromatic heterocycles. The van der Waals surface area contributed by atoms with Crippen LogP contribution in [0.15, 0.2) is 41.3 Å². The molecular weight excluding hydrogens is 287 g/mol. The van der Waals surface area contributed by atoms with E-state index in [9.17, 15) is 13.0 Å². The molecule has 19 heavy (non-hydrogen) atoms. The molecule has 0 atom stereocenters. The third-order valence-electron chi connectivity index (χ3n) is 3.02. The van der Waals surface area contributed by atoms with Crippen molar-refractivity contribution in [3.8, 4) is 0 Å². The second-order valence-electron chi connectivity index (χ2n) is 4.35. The molecule has 1 radical (unpaired) electrons. The Morgan fingerprint density at radius 3 is 2.42 bits per heavy atom. The summed E-state index contributed by atoms with van der Waals surface area (Å²) in [5.74, 6) is 0. The first-order chi connectivity index (χ1) is 8.54. The average molecular weight is 303 g/mol. The van der Waals surface area contributed by atoms with Gasteiger partial charge in [-0.15, -0.1) is 0 Å². The Bertz CT molecular complexity index is 665. The molecule has 0 saturated carbocycles. The molecule has 0 unspecified atom stereocenters. The number of hydrogen-bond donors (Lipinski definition) is 1. The van der Waals surface area contributed by atoms with E-state index in [1.165, 1.54) is 0 Å². The van der Waals surface area contributed by atoms with Crippen LogP contribution in [0.3, 0.4) is 0 Å². The summed E-state index contributed by atoms with van der Waals surface area (Å²) in [6.07, 6.45) is 2.55. The van der Waals surface area contributed by atoms with E-state index in [1.54, 1.807) is 18.2 Å². The number of unbranched alkanes of at least 4 members (excludes halogenated alkanes) is 1. The topological polar surface area (TPSA) is 54.4 Å². The van der Waals surface area contributed by atoms with Gasteiger partial charge in [-0.05, 0) is 23.8 Å². The molecule has 2 aromatic carbocycles. The molecule has 2 rings (SSSR count). The standard InChI is InChI=1S/C14H16O3S.K/c1-2-3-6-12-10-9-11-7-4-5-8-13(11)14(12)18(15,16)17;/h4-5,7-10H,2-3,6H2,1H3,(H,15,16,17);. The fourth-order valence-corrected chi connectivity index (χ4v) is 3.12. The number of aryl methyl sites for hydroxylation is 1. The Balaban J connectivity index is 0.00000180. The summed E-state index contributed by atoms with van der Waals surface area (Å²) in [4.78, 5) is 0.0639. The number of benzene rings is 2. The van der Waals surface area contributed by atoms with E-state index in [0.717, 1.165) is 18.2 Å². The van der Waals surface area contributed by atoms with Crippen LogP contribution in [0, 0.1) is 0 Å². The van der Waals surface area contributed by atoms with Crippen molar-refractivity contribution >= 4 is 72.3 Å². The fourth-order valence-electron chi connectivity index (χ4n) is 2.16. The van der Waals surface area contributed by atoms with Gasteiger partial charge < -0.3 is 0 Å². The maximum atomic E-state index is 11.6. The quantitative estimate of drug-likeness (QED) is 0.697. The molecule has 0 aliphatic carbocycles. The minimum atomic E-state index is -4.19. The van der Waals surface area contributed by atoms with Crippen LogP contribution >= 0.6 is 0 Å². The van der Waals surface area contributed by atoms with Crippen molar-refractivity contribution < 1.29 is 13.0 Å². The third kappa shape index (κ3) is 4.11. The fraction of sp³-hybridized carbons (Fsp3) is 0.286. The SMILES string of the molecule is CCCCc1ccc2ccccc2c1S(=O)(=O)O.[K]. The minimum absolute atomic E-state index is 0. The number of hydrogen-bond acceptors (Lipinski definition) is 2. The molecule has 0 aliphatic heterocycles. The summed E-state index contributed by atoms with van der Waals surface area (Å²) in [6.45, 7) is 2.05. The molecule has 1 N–H and O–H groups in total. The minimum Gasteiger partial charge on any atom is -0.282 e. The van der Waals surface area contributed by atoms with Crippen LogP contribution < -0.4 is 0 Å². The monoisotopic (exact) mass is 303 g/mol. The van der Waals surface area contributed by atoms with Crippen molar-refractivity contribution in [1.82, 2.24) is 0 Å². The van der Waals surface area contributed by atoms with Gasteiger partial charge in [-0.3, -0.25) is 4.55 Å². The molecule has 0 aliphatic rings. The maximum Gasteiger partial charge on any atom is 0.295 e. The van der Waals surface area contributed by atoms with Crippen LogP contribution in [0.1, 0.15) is 25.3 Å². The predicted molar refractivity (Wildman–Crippen MR) is 78.1 cm³/mol. The Labute approximate surface area is 156 Å². The van der Waals surface area contributed by atoms with Gasteiger partial charge in [0.05, 0.1) is 0 Å². The van der Waals surface area contributed by atoms with Gasteiger partial charge in [0.25, 0.3) is 10.1 Å². The van der Waals surface area contributed by atoms with Crippen LogP contribution in [0.5, 0.6) is 0 Å². The van der Waals surface area contributed by atoms with Crippen molar-refractivity contribution in [2.24, 2.45) is 0 Å². The van der Waals surface area contributed by atoms with Gasteiger partial charge in [-0.1, -0.05) is 49.7 Å². The smallest absolute Gasteiger partial charge is 0.282 e. The predicted octanol–water partition coefficient (Wildman–Crippen LogP) is 3.05. The second-order valence-corrected chi connectivity index (χ2v) is 5.71. The zero-order valence-corrected chi connectivity index (χ0v) is 15.2. The van der Waals surface area contributed by atoms with Gasteiger partial charge in [0.15, 0.2) is 0 Å². The molecular formula is C14H16KO3S. The molecule has 2 aromatic rings. The second kappa shape index (κ2) is 7.31. The Hall–Kier alpha value is 0.246. The zero-order chi connectivity index (χ0) is 13.2. The maximum absolute atomic E-state index is 11.6. The van der Waals surface area contributed by atoms with Crippen LogP contribution in [0.4, 0.5) is 0 Å².